The van der Waals surface area contributed by atoms with E-state index in [-0.39, 0.29) is 6.04 Å². The van der Waals surface area contributed by atoms with Crippen LogP contribution in [0, 0.1) is 0 Å². The molecule has 1 unspecified atom stereocenters. The number of aryl methyl sites for hydroxylation is 1. The summed E-state index contributed by atoms with van der Waals surface area (Å²) in [5.41, 5.74) is 1.57. The van der Waals surface area contributed by atoms with Crippen LogP contribution in [0.2, 0.25) is 5.15 Å². The smallest absolute Gasteiger partial charge is 0.404 e. The van der Waals surface area contributed by atoms with Crippen molar-refractivity contribution in [1.82, 2.24) is 19.9 Å². The van der Waals surface area contributed by atoms with Gasteiger partial charge in [0.1, 0.15) is 11.8 Å². The highest BCUT2D eigenvalue weighted by molar-refractivity contribution is 6.33. The highest BCUT2D eigenvalue weighted by Crippen LogP contribution is 2.20. The molecule has 2 aromatic heterocycles. The van der Waals surface area contributed by atoms with Crippen molar-refractivity contribution >= 4 is 28.7 Å². The molecule has 96 valence electrons. The van der Waals surface area contributed by atoms with Gasteiger partial charge in [-0.1, -0.05) is 11.6 Å². The molecule has 0 spiro atoms. The molecule has 0 bridgehead atoms. The van der Waals surface area contributed by atoms with Crippen LogP contribution in [0.25, 0.3) is 11.0 Å². The molecule has 7 heteroatoms. The van der Waals surface area contributed by atoms with Gasteiger partial charge in [-0.2, -0.15) is 0 Å². The molecular formula is C11H13ClN4O2. The number of amides is 1. The van der Waals surface area contributed by atoms with Crippen LogP contribution in [0.3, 0.4) is 0 Å². The summed E-state index contributed by atoms with van der Waals surface area (Å²) in [6.45, 7) is 2.47. The van der Waals surface area contributed by atoms with Crippen molar-refractivity contribution in [2.75, 3.05) is 0 Å². The molecule has 2 aromatic rings. The number of nitrogens with zero attached hydrogens (tertiary/aromatic N) is 3. The largest absolute Gasteiger partial charge is 0.465 e. The van der Waals surface area contributed by atoms with Gasteiger partial charge in [-0.05, 0) is 19.4 Å². The molecule has 0 saturated carbocycles. The lowest BCUT2D eigenvalue weighted by Gasteiger charge is -2.12. The first-order chi connectivity index (χ1) is 8.58. The Bertz CT molecular complexity index is 569. The molecule has 2 heterocycles. The third kappa shape index (κ3) is 2.70. The SMILES string of the molecule is CC(CCn1ccc2ncnc(Cl)c21)NC(=O)O. The number of carboxylic acid groups (broad SMARTS) is 1. The van der Waals surface area contributed by atoms with E-state index in [2.05, 4.69) is 15.3 Å². The van der Waals surface area contributed by atoms with Gasteiger partial charge in [0, 0.05) is 18.8 Å². The lowest BCUT2D eigenvalue weighted by molar-refractivity contribution is 0.190. The minimum absolute atomic E-state index is 0.122. The lowest BCUT2D eigenvalue weighted by Crippen LogP contribution is -2.31. The molecular weight excluding hydrogens is 256 g/mol. The second-order valence-corrected chi connectivity index (χ2v) is 4.40. The van der Waals surface area contributed by atoms with Crippen molar-refractivity contribution in [3.63, 3.8) is 0 Å². The van der Waals surface area contributed by atoms with Crippen molar-refractivity contribution < 1.29 is 9.90 Å². The Morgan fingerprint density at radius 1 is 1.61 bits per heavy atom. The molecule has 2 rings (SSSR count). The molecule has 0 aromatic carbocycles. The molecule has 1 atom stereocenters. The van der Waals surface area contributed by atoms with Gasteiger partial charge < -0.3 is 15.0 Å². The average molecular weight is 269 g/mol. The number of fused-ring (bicyclic) bond motifs is 1. The topological polar surface area (TPSA) is 80.0 Å². The molecule has 2 N–H and O–H groups in total. The van der Waals surface area contributed by atoms with Crippen LogP contribution in [0.15, 0.2) is 18.6 Å². The first kappa shape index (κ1) is 12.6. The van der Waals surface area contributed by atoms with E-state index in [1.54, 1.807) is 0 Å². The summed E-state index contributed by atoms with van der Waals surface area (Å²) in [5, 5.41) is 11.4. The number of nitrogens with one attached hydrogen (secondary N) is 1. The van der Waals surface area contributed by atoms with Crippen LogP contribution in [0.5, 0.6) is 0 Å². The quantitative estimate of drug-likeness (QED) is 0.833. The van der Waals surface area contributed by atoms with Crippen molar-refractivity contribution in [3.8, 4) is 0 Å². The van der Waals surface area contributed by atoms with E-state index in [1.807, 2.05) is 23.8 Å². The van der Waals surface area contributed by atoms with Gasteiger partial charge in [0.05, 0.1) is 5.52 Å². The highest BCUT2D eigenvalue weighted by Gasteiger charge is 2.09. The van der Waals surface area contributed by atoms with E-state index in [0.29, 0.717) is 18.1 Å². The first-order valence-electron chi connectivity index (χ1n) is 5.52. The lowest BCUT2D eigenvalue weighted by atomic mass is 10.2. The van der Waals surface area contributed by atoms with E-state index >= 15 is 0 Å². The highest BCUT2D eigenvalue weighted by atomic mass is 35.5. The van der Waals surface area contributed by atoms with E-state index < -0.39 is 6.09 Å². The van der Waals surface area contributed by atoms with Gasteiger partial charge in [0.25, 0.3) is 0 Å². The second-order valence-electron chi connectivity index (χ2n) is 4.05. The maximum atomic E-state index is 10.5. The minimum atomic E-state index is -1.01. The summed E-state index contributed by atoms with van der Waals surface area (Å²) in [7, 11) is 0. The Balaban J connectivity index is 2.10. The van der Waals surface area contributed by atoms with Crippen molar-refractivity contribution in [2.24, 2.45) is 0 Å². The summed E-state index contributed by atoms with van der Waals surface area (Å²) in [6.07, 6.45) is 2.95. The van der Waals surface area contributed by atoms with Crippen LogP contribution in [-0.4, -0.2) is 31.8 Å². The number of halogens is 1. The monoisotopic (exact) mass is 268 g/mol. The minimum Gasteiger partial charge on any atom is -0.465 e. The molecule has 0 aliphatic rings. The molecule has 0 radical (unpaired) electrons. The van der Waals surface area contributed by atoms with E-state index in [0.717, 1.165) is 11.0 Å². The Morgan fingerprint density at radius 2 is 2.39 bits per heavy atom. The van der Waals surface area contributed by atoms with E-state index in [4.69, 9.17) is 16.7 Å². The van der Waals surface area contributed by atoms with Gasteiger partial charge in [0.15, 0.2) is 5.15 Å². The van der Waals surface area contributed by atoms with Gasteiger partial charge >= 0.3 is 6.09 Å². The number of carbonyl (C=O) groups is 1. The molecule has 18 heavy (non-hydrogen) atoms. The second kappa shape index (κ2) is 5.22. The zero-order valence-corrected chi connectivity index (χ0v) is 10.6. The zero-order chi connectivity index (χ0) is 13.1. The Kier molecular flexibility index (Phi) is 3.66. The number of aromatic nitrogens is 3. The molecule has 0 aliphatic carbocycles. The Labute approximate surface area is 109 Å². The molecule has 0 fully saturated rings. The third-order valence-electron chi connectivity index (χ3n) is 2.68. The maximum Gasteiger partial charge on any atom is 0.404 e. The summed E-state index contributed by atoms with van der Waals surface area (Å²) in [6, 6.07) is 1.74. The summed E-state index contributed by atoms with van der Waals surface area (Å²) < 4.78 is 1.93. The molecule has 0 aliphatic heterocycles. The maximum absolute atomic E-state index is 10.5. The van der Waals surface area contributed by atoms with Gasteiger partial charge in [-0.25, -0.2) is 14.8 Å². The predicted octanol–water partition coefficient (Wildman–Crippen LogP) is 2.13. The fraction of sp³-hybridized carbons (Fsp3) is 0.364. The summed E-state index contributed by atoms with van der Waals surface area (Å²) in [5.74, 6) is 0. The molecule has 0 saturated heterocycles. The van der Waals surface area contributed by atoms with E-state index in [9.17, 15) is 4.79 Å². The number of hydrogen-bond acceptors (Lipinski definition) is 3. The normalized spacial score (nSPS) is 12.6. The predicted molar refractivity (Wildman–Crippen MR) is 67.8 cm³/mol. The van der Waals surface area contributed by atoms with Crippen molar-refractivity contribution in [3.05, 3.63) is 23.7 Å². The van der Waals surface area contributed by atoms with Crippen molar-refractivity contribution in [1.29, 1.82) is 0 Å². The number of rotatable bonds is 4. The fourth-order valence-corrected chi connectivity index (χ4v) is 2.04. The molecule has 6 nitrogen and oxygen atoms in total. The first-order valence-corrected chi connectivity index (χ1v) is 5.90. The van der Waals surface area contributed by atoms with Crippen LogP contribution >= 0.6 is 11.6 Å². The van der Waals surface area contributed by atoms with E-state index in [1.165, 1.54) is 6.33 Å². The number of hydrogen-bond donors (Lipinski definition) is 2. The fourth-order valence-electron chi connectivity index (χ4n) is 1.79. The average Bonchev–Trinajstić information content (AvgIpc) is 2.70. The standard InChI is InChI=1S/C11H13ClN4O2/c1-7(15-11(17)18)2-4-16-5-3-8-9(16)10(12)14-6-13-8/h3,5-7,15H,2,4H2,1H3,(H,17,18). The summed E-state index contributed by atoms with van der Waals surface area (Å²) in [4.78, 5) is 18.5. The van der Waals surface area contributed by atoms with Crippen LogP contribution in [0.4, 0.5) is 4.79 Å². The Hall–Kier alpha value is -1.82. The van der Waals surface area contributed by atoms with Gasteiger partial charge in [0.2, 0.25) is 0 Å². The van der Waals surface area contributed by atoms with Crippen LogP contribution in [0.1, 0.15) is 13.3 Å². The summed E-state index contributed by atoms with van der Waals surface area (Å²) >= 11 is 6.02. The van der Waals surface area contributed by atoms with Gasteiger partial charge in [-0.15, -0.1) is 0 Å². The van der Waals surface area contributed by atoms with Gasteiger partial charge in [-0.3, -0.25) is 0 Å². The Morgan fingerprint density at radius 3 is 3.11 bits per heavy atom. The van der Waals surface area contributed by atoms with Crippen LogP contribution < -0.4 is 5.32 Å². The van der Waals surface area contributed by atoms with Crippen molar-refractivity contribution in [2.45, 2.75) is 25.9 Å². The zero-order valence-electron chi connectivity index (χ0n) is 9.80. The molecule has 1 amide bonds. The third-order valence-corrected chi connectivity index (χ3v) is 2.95. The van der Waals surface area contributed by atoms with Crippen LogP contribution in [-0.2, 0) is 6.54 Å².